The van der Waals surface area contributed by atoms with Gasteiger partial charge in [0.25, 0.3) is 0 Å². The van der Waals surface area contributed by atoms with Crippen LogP contribution in [0.2, 0.25) is 0 Å². The third-order valence-electron chi connectivity index (χ3n) is 6.62. The van der Waals surface area contributed by atoms with Gasteiger partial charge in [-0.3, -0.25) is 0 Å². The molecule has 0 radical (unpaired) electrons. The molecule has 6 nitrogen and oxygen atoms in total. The summed E-state index contributed by atoms with van der Waals surface area (Å²) in [7, 11) is 0. The van der Waals surface area contributed by atoms with Gasteiger partial charge in [0.15, 0.2) is 0 Å². The summed E-state index contributed by atoms with van der Waals surface area (Å²) in [5.74, 6) is 0.757. The van der Waals surface area contributed by atoms with Crippen LogP contribution in [-0.4, -0.2) is 45.3 Å². The van der Waals surface area contributed by atoms with E-state index in [0.717, 1.165) is 0 Å². The van der Waals surface area contributed by atoms with Crippen LogP contribution in [0, 0.1) is 0 Å². The average molecular weight is 387 g/mol. The maximum atomic E-state index is 12.7. The highest BCUT2D eigenvalue weighted by atomic mass is 16.6. The highest BCUT2D eigenvalue weighted by molar-refractivity contribution is 5.79. The maximum Gasteiger partial charge on any atom is 0.409 e. The number of aromatic nitrogens is 2. The molecule has 1 aliphatic carbocycles. The van der Waals surface area contributed by atoms with Crippen LogP contribution in [0.5, 0.6) is 0 Å². The number of hydrogen-bond acceptors (Lipinski definition) is 4. The summed E-state index contributed by atoms with van der Waals surface area (Å²) in [5, 5.41) is 10.2. The quantitative estimate of drug-likeness (QED) is 0.733. The Morgan fingerprint density at radius 3 is 2.45 bits per heavy atom. The van der Waals surface area contributed by atoms with Crippen molar-refractivity contribution in [3.05, 3.63) is 77.9 Å². The number of fused-ring (bicyclic) bond motifs is 5. The van der Waals surface area contributed by atoms with Crippen molar-refractivity contribution >= 4 is 6.09 Å². The van der Waals surface area contributed by atoms with Crippen LogP contribution in [0.1, 0.15) is 35.4 Å². The van der Waals surface area contributed by atoms with Crippen molar-refractivity contribution < 1.29 is 14.6 Å². The summed E-state index contributed by atoms with van der Waals surface area (Å²) in [5.41, 5.74) is 4.63. The maximum absolute atomic E-state index is 12.7. The molecule has 3 aromatic rings. The van der Waals surface area contributed by atoms with Crippen molar-refractivity contribution in [2.75, 3.05) is 19.7 Å². The lowest BCUT2D eigenvalue weighted by Gasteiger charge is -2.48. The second-order valence-corrected chi connectivity index (χ2v) is 8.26. The van der Waals surface area contributed by atoms with Gasteiger partial charge in [0, 0.05) is 37.8 Å². The molecule has 6 heteroatoms. The Kier molecular flexibility index (Phi) is 3.44. The van der Waals surface area contributed by atoms with E-state index in [4.69, 9.17) is 4.74 Å². The molecule has 2 aliphatic heterocycles. The second-order valence-electron chi connectivity index (χ2n) is 8.26. The monoisotopic (exact) mass is 387 g/mol. The van der Waals surface area contributed by atoms with Crippen molar-refractivity contribution in [1.29, 1.82) is 0 Å². The standard InChI is InChI=1S/C23H21N3O3/c27-20-11-23(26-10-9-24-21(20)26)13-25(14-23)22(28)29-12-19-17-7-3-1-5-15(17)16-6-2-4-8-18(16)19/h1-10,19-20,27H,11-14H2. The van der Waals surface area contributed by atoms with Crippen LogP contribution in [0.15, 0.2) is 60.9 Å². The number of nitrogens with zero attached hydrogens (tertiary/aromatic N) is 3. The molecule has 1 N–H and O–H groups in total. The Bertz CT molecular complexity index is 1070. The van der Waals surface area contributed by atoms with Crippen LogP contribution in [0.25, 0.3) is 11.1 Å². The number of imidazole rings is 1. The Morgan fingerprint density at radius 2 is 1.76 bits per heavy atom. The van der Waals surface area contributed by atoms with Crippen molar-refractivity contribution in [3.8, 4) is 11.1 Å². The molecule has 6 rings (SSSR count). The Labute approximate surface area is 168 Å². The minimum Gasteiger partial charge on any atom is -0.448 e. The first-order chi connectivity index (χ1) is 14.2. The Hall–Kier alpha value is -3.12. The van der Waals surface area contributed by atoms with Gasteiger partial charge in [-0.25, -0.2) is 9.78 Å². The van der Waals surface area contributed by atoms with E-state index in [1.165, 1.54) is 22.3 Å². The largest absolute Gasteiger partial charge is 0.448 e. The fraction of sp³-hybridized carbons (Fsp3) is 0.304. The van der Waals surface area contributed by atoms with Gasteiger partial charge in [-0.15, -0.1) is 0 Å². The second kappa shape index (κ2) is 5.94. The minimum absolute atomic E-state index is 0.0649. The first-order valence-electron chi connectivity index (χ1n) is 9.98. The van der Waals surface area contributed by atoms with Gasteiger partial charge in [-0.05, 0) is 22.3 Å². The molecule has 3 heterocycles. The van der Waals surface area contributed by atoms with E-state index < -0.39 is 6.10 Å². The van der Waals surface area contributed by atoms with Gasteiger partial charge in [0.05, 0.1) is 5.54 Å². The summed E-state index contributed by atoms with van der Waals surface area (Å²) in [6.07, 6.45) is 3.34. The van der Waals surface area contributed by atoms with E-state index in [1.54, 1.807) is 11.1 Å². The number of amides is 1. The number of aliphatic hydroxyl groups is 1. The lowest BCUT2D eigenvalue weighted by Crippen LogP contribution is -2.63. The number of benzene rings is 2. The number of carbonyl (C=O) groups excluding carboxylic acids is 1. The van der Waals surface area contributed by atoms with E-state index in [1.807, 2.05) is 35.0 Å². The molecule has 1 spiro atoms. The zero-order valence-corrected chi connectivity index (χ0v) is 15.9. The highest BCUT2D eigenvalue weighted by Gasteiger charge is 2.53. The van der Waals surface area contributed by atoms with Gasteiger partial charge in [0.1, 0.15) is 18.5 Å². The number of likely N-dealkylation sites (tertiary alicyclic amines) is 1. The molecule has 29 heavy (non-hydrogen) atoms. The van der Waals surface area contributed by atoms with Crippen molar-refractivity contribution in [2.24, 2.45) is 0 Å². The van der Waals surface area contributed by atoms with Crippen LogP contribution < -0.4 is 0 Å². The average Bonchev–Trinajstić information content (AvgIpc) is 3.38. The molecular weight excluding hydrogens is 366 g/mol. The number of carbonyl (C=O) groups is 1. The molecule has 1 aromatic heterocycles. The summed E-state index contributed by atoms with van der Waals surface area (Å²) in [6, 6.07) is 16.7. The predicted molar refractivity (Wildman–Crippen MR) is 106 cm³/mol. The first kappa shape index (κ1) is 16.8. The molecule has 1 fully saturated rings. The van der Waals surface area contributed by atoms with Crippen LogP contribution in [-0.2, 0) is 10.3 Å². The van der Waals surface area contributed by atoms with E-state index in [-0.39, 0.29) is 17.6 Å². The summed E-state index contributed by atoms with van der Waals surface area (Å²) in [4.78, 5) is 18.6. The lowest BCUT2D eigenvalue weighted by atomic mass is 9.87. The highest BCUT2D eigenvalue weighted by Crippen LogP contribution is 2.46. The van der Waals surface area contributed by atoms with Gasteiger partial charge < -0.3 is 19.3 Å². The molecule has 3 aliphatic rings. The molecular formula is C23H21N3O3. The van der Waals surface area contributed by atoms with E-state index in [0.29, 0.717) is 31.9 Å². The molecule has 0 saturated carbocycles. The number of ether oxygens (including phenoxy) is 1. The predicted octanol–water partition coefficient (Wildman–Crippen LogP) is 3.28. The fourth-order valence-electron chi connectivity index (χ4n) is 5.27. The van der Waals surface area contributed by atoms with Gasteiger partial charge in [0.2, 0.25) is 0 Å². The van der Waals surface area contributed by atoms with Crippen molar-refractivity contribution in [1.82, 2.24) is 14.5 Å². The zero-order chi connectivity index (χ0) is 19.6. The van der Waals surface area contributed by atoms with Gasteiger partial charge in [-0.2, -0.15) is 0 Å². The minimum atomic E-state index is -0.560. The Balaban J connectivity index is 1.16. The zero-order valence-electron chi connectivity index (χ0n) is 15.9. The van der Waals surface area contributed by atoms with Gasteiger partial charge >= 0.3 is 6.09 Å². The van der Waals surface area contributed by atoms with Crippen LogP contribution in [0.3, 0.4) is 0 Å². The molecule has 1 amide bonds. The molecule has 1 atom stereocenters. The lowest BCUT2D eigenvalue weighted by molar-refractivity contribution is -0.00383. The SMILES string of the molecule is O=C(OCC1c2ccccc2-c2ccccc21)N1CC2(CC(O)c3nccn32)C1. The summed E-state index contributed by atoms with van der Waals surface area (Å²) >= 11 is 0. The molecule has 0 bridgehead atoms. The van der Waals surface area contributed by atoms with E-state index in [2.05, 4.69) is 29.2 Å². The third-order valence-corrected chi connectivity index (χ3v) is 6.62. The third kappa shape index (κ3) is 2.32. The number of hydrogen-bond donors (Lipinski definition) is 1. The van der Waals surface area contributed by atoms with Crippen LogP contribution in [0.4, 0.5) is 4.79 Å². The molecule has 2 aromatic carbocycles. The number of rotatable bonds is 2. The van der Waals surface area contributed by atoms with E-state index >= 15 is 0 Å². The fourth-order valence-corrected chi connectivity index (χ4v) is 5.27. The summed E-state index contributed by atoms with van der Waals surface area (Å²) < 4.78 is 7.76. The molecule has 146 valence electrons. The molecule has 1 unspecified atom stereocenters. The topological polar surface area (TPSA) is 67.6 Å². The number of aliphatic hydroxyl groups excluding tert-OH is 1. The Morgan fingerprint density at radius 1 is 1.10 bits per heavy atom. The normalized spacial score (nSPS) is 20.9. The van der Waals surface area contributed by atoms with Crippen molar-refractivity contribution in [3.63, 3.8) is 0 Å². The summed E-state index contributed by atoms with van der Waals surface area (Å²) in [6.45, 7) is 1.42. The first-order valence-corrected chi connectivity index (χ1v) is 9.98. The smallest absolute Gasteiger partial charge is 0.409 e. The van der Waals surface area contributed by atoms with E-state index in [9.17, 15) is 9.90 Å². The van der Waals surface area contributed by atoms with Gasteiger partial charge in [-0.1, -0.05) is 48.5 Å². The van der Waals surface area contributed by atoms with Crippen LogP contribution >= 0.6 is 0 Å². The molecule has 1 saturated heterocycles. The van der Waals surface area contributed by atoms with Crippen molar-refractivity contribution in [2.45, 2.75) is 24.0 Å².